The number of aromatic hydroxyl groups is 1. The molecule has 2 aliphatic rings. The van der Waals surface area contributed by atoms with Crippen molar-refractivity contribution in [3.63, 3.8) is 0 Å². The minimum absolute atomic E-state index is 0.0164. The van der Waals surface area contributed by atoms with Crippen molar-refractivity contribution in [1.82, 2.24) is 5.32 Å². The van der Waals surface area contributed by atoms with Crippen molar-refractivity contribution in [2.24, 2.45) is 11.7 Å². The summed E-state index contributed by atoms with van der Waals surface area (Å²) in [5, 5.41) is 37.0. The van der Waals surface area contributed by atoms with Crippen molar-refractivity contribution in [2.45, 2.75) is 58.7 Å². The zero-order chi connectivity index (χ0) is 34.8. The number of fused-ring (bicyclic) bond motifs is 1. The Labute approximate surface area is 255 Å². The predicted octanol–water partition coefficient (Wildman–Crippen LogP) is 2.32. The van der Waals surface area contributed by atoms with E-state index in [1.807, 2.05) is 20.8 Å². The molecule has 16 heteroatoms. The zero-order valence-corrected chi connectivity index (χ0v) is 25.4. The van der Waals surface area contributed by atoms with Crippen LogP contribution in [0.3, 0.4) is 0 Å². The van der Waals surface area contributed by atoms with Crippen LogP contribution in [0.2, 0.25) is 0 Å². The Bertz CT molecular complexity index is 1520. The first-order valence-electron chi connectivity index (χ1n) is 13.4. The van der Waals surface area contributed by atoms with Crippen LogP contribution in [0.5, 0.6) is 5.75 Å². The number of nitrogens with two attached hydrogens (primary N) is 1. The summed E-state index contributed by atoms with van der Waals surface area (Å²) in [5.41, 5.74) is 4.43. The third kappa shape index (κ3) is 8.68. The number of benzene rings is 1. The number of hydrogen-bond acceptors (Lipinski definition) is 11. The molecule has 2 aliphatic carbocycles. The summed E-state index contributed by atoms with van der Waals surface area (Å²) in [6.45, 7) is 6.17. The number of allylic oxidation sites excluding steroid dienone is 2. The number of ketones is 4. The van der Waals surface area contributed by atoms with Gasteiger partial charge in [-0.15, -0.1) is 0 Å². The molecule has 0 heterocycles. The normalized spacial score (nSPS) is 17.0. The van der Waals surface area contributed by atoms with Crippen molar-refractivity contribution in [2.75, 3.05) is 30.9 Å². The van der Waals surface area contributed by atoms with E-state index in [0.29, 0.717) is 18.2 Å². The lowest BCUT2D eigenvalue weighted by molar-refractivity contribution is -0.168. The van der Waals surface area contributed by atoms with Crippen LogP contribution in [0.15, 0.2) is 28.7 Å². The highest BCUT2D eigenvalue weighted by molar-refractivity contribution is 6.33. The monoisotopic (exact) mass is 640 g/mol. The molecule has 45 heavy (non-hydrogen) atoms. The lowest BCUT2D eigenvalue weighted by atomic mass is 9.76. The summed E-state index contributed by atoms with van der Waals surface area (Å²) in [4.78, 5) is 73.1. The van der Waals surface area contributed by atoms with Gasteiger partial charge in [0.05, 0.1) is 17.8 Å². The van der Waals surface area contributed by atoms with Crippen molar-refractivity contribution in [3.05, 3.63) is 39.9 Å². The quantitative estimate of drug-likeness (QED) is 0.144. The van der Waals surface area contributed by atoms with Crippen LogP contribution < -0.4 is 21.3 Å². The number of carbonyl (C=O) groups excluding carboxylic acids is 6. The number of phenols is 1. The lowest BCUT2D eigenvalue weighted by Gasteiger charge is -2.30. The standard InChI is InChI=1S/C26H32N4O8.C3H3F3O/c1-26(2,3)28-10-17(32)29-14-9-15(30(4)5)12-6-11(8-16(31)18(12)22(14)35)7-13-20(33)23(36)19(25(27)38)24(37)21(13)34;1-2(7)3(4,5)6/h9,11,28,33,35,37H,6-8,10H2,1-5H3,(H2,27,38)(H,29,32);1H3/t11-;/m0./s1. The molecule has 3 rings (SSSR count). The summed E-state index contributed by atoms with van der Waals surface area (Å²) in [6.07, 6.45) is -4.86. The minimum Gasteiger partial charge on any atom is -0.505 e. The molecule has 0 saturated heterocycles. The Morgan fingerprint density at radius 3 is 2.02 bits per heavy atom. The van der Waals surface area contributed by atoms with Crippen LogP contribution in [0, 0.1) is 5.92 Å². The van der Waals surface area contributed by atoms with E-state index in [1.54, 1.807) is 25.1 Å². The number of nitrogens with zero attached hydrogens (tertiary/aromatic N) is 1. The van der Waals surface area contributed by atoms with Gasteiger partial charge < -0.3 is 36.6 Å². The number of alkyl halides is 3. The number of aliphatic hydroxyl groups excluding tert-OH is 2. The number of anilines is 2. The second-order valence-electron chi connectivity index (χ2n) is 11.7. The summed E-state index contributed by atoms with van der Waals surface area (Å²) >= 11 is 0. The second-order valence-corrected chi connectivity index (χ2v) is 11.7. The van der Waals surface area contributed by atoms with E-state index >= 15 is 0 Å². The number of halogens is 3. The van der Waals surface area contributed by atoms with Crippen LogP contribution in [0.25, 0.3) is 0 Å². The molecule has 0 saturated carbocycles. The average molecular weight is 641 g/mol. The van der Waals surface area contributed by atoms with E-state index in [2.05, 4.69) is 10.6 Å². The minimum atomic E-state index is -4.64. The zero-order valence-electron chi connectivity index (χ0n) is 25.4. The first-order chi connectivity index (χ1) is 20.5. The molecule has 0 fully saturated rings. The smallest absolute Gasteiger partial charge is 0.449 e. The van der Waals surface area contributed by atoms with Gasteiger partial charge in [0.25, 0.3) is 5.91 Å². The predicted molar refractivity (Wildman–Crippen MR) is 155 cm³/mol. The largest absolute Gasteiger partial charge is 0.505 e. The third-order valence-electron chi connectivity index (χ3n) is 6.76. The molecule has 1 aromatic carbocycles. The number of primary amides is 1. The van der Waals surface area contributed by atoms with Gasteiger partial charge in [-0.1, -0.05) is 0 Å². The summed E-state index contributed by atoms with van der Waals surface area (Å²) in [5.74, 6) is -9.48. The summed E-state index contributed by atoms with van der Waals surface area (Å²) < 4.78 is 32.5. The maximum absolute atomic E-state index is 13.2. The van der Waals surface area contributed by atoms with Crippen LogP contribution >= 0.6 is 0 Å². The number of carbonyl (C=O) groups is 6. The molecule has 13 nitrogen and oxygen atoms in total. The van der Waals surface area contributed by atoms with E-state index in [4.69, 9.17) is 5.73 Å². The highest BCUT2D eigenvalue weighted by Gasteiger charge is 2.40. The number of rotatable bonds is 7. The van der Waals surface area contributed by atoms with Gasteiger partial charge in [-0.3, -0.25) is 28.8 Å². The maximum Gasteiger partial charge on any atom is 0.449 e. The molecule has 0 aliphatic heterocycles. The molecule has 0 aromatic heterocycles. The molecule has 0 radical (unpaired) electrons. The molecule has 0 spiro atoms. The van der Waals surface area contributed by atoms with E-state index in [-0.39, 0.29) is 48.3 Å². The molecule has 0 unspecified atom stereocenters. The summed E-state index contributed by atoms with van der Waals surface area (Å²) in [7, 11) is 3.44. The topological polar surface area (TPSA) is 216 Å². The van der Waals surface area contributed by atoms with Gasteiger partial charge in [0.1, 0.15) is 11.3 Å². The van der Waals surface area contributed by atoms with E-state index in [9.17, 15) is 57.3 Å². The Kier molecular flexibility index (Phi) is 10.9. The molecule has 1 aromatic rings. The van der Waals surface area contributed by atoms with Gasteiger partial charge in [-0.25, -0.2) is 0 Å². The number of Topliss-reactive ketones (excluding diaryl/α,β-unsaturated/α-hetero) is 4. The Morgan fingerprint density at radius 2 is 1.56 bits per heavy atom. The van der Waals surface area contributed by atoms with Crippen molar-refractivity contribution < 1.29 is 57.3 Å². The number of aliphatic hydroxyl groups is 2. The average Bonchev–Trinajstić information content (AvgIpc) is 2.89. The SMILES string of the molecule is CC(=O)C(F)(F)F.CN(C)c1cc(NC(=O)CNC(C)(C)C)c(O)c2c1C[C@@H](CC1=C(O)C(=O)C(C(N)=O)=C(O)C1=O)CC2=O. The lowest BCUT2D eigenvalue weighted by Crippen LogP contribution is -2.41. The fourth-order valence-corrected chi connectivity index (χ4v) is 4.54. The number of nitrogens with one attached hydrogen (secondary N) is 2. The van der Waals surface area contributed by atoms with E-state index in [1.165, 1.54) is 0 Å². The molecule has 0 bridgehead atoms. The Morgan fingerprint density at radius 1 is 1.00 bits per heavy atom. The van der Waals surface area contributed by atoms with Crippen molar-refractivity contribution in [3.8, 4) is 5.75 Å². The molecular weight excluding hydrogens is 605 g/mol. The molecule has 7 N–H and O–H groups in total. The van der Waals surface area contributed by atoms with E-state index in [0.717, 1.165) is 0 Å². The molecular formula is C29H35F3N4O9. The molecule has 246 valence electrons. The van der Waals surface area contributed by atoms with Crippen molar-refractivity contribution >= 4 is 46.3 Å². The van der Waals surface area contributed by atoms with Crippen LogP contribution in [0.1, 0.15) is 56.5 Å². The maximum atomic E-state index is 13.2. The first-order valence-corrected chi connectivity index (χ1v) is 13.4. The van der Waals surface area contributed by atoms with Gasteiger partial charge in [-0.2, -0.15) is 13.2 Å². The fourth-order valence-electron chi connectivity index (χ4n) is 4.54. The van der Waals surface area contributed by atoms with E-state index < -0.39 is 69.7 Å². The van der Waals surface area contributed by atoms with Crippen LogP contribution in [0.4, 0.5) is 24.5 Å². The Hall–Kier alpha value is -4.73. The molecule has 1 atom stereocenters. The molecule has 2 amide bonds. The third-order valence-corrected chi connectivity index (χ3v) is 6.76. The first kappa shape index (κ1) is 36.5. The van der Waals surface area contributed by atoms with Crippen LogP contribution in [-0.4, -0.2) is 82.6 Å². The van der Waals surface area contributed by atoms with Crippen LogP contribution in [-0.2, 0) is 30.4 Å². The highest BCUT2D eigenvalue weighted by atomic mass is 19.4. The number of hydrogen-bond donors (Lipinski definition) is 6. The Balaban J connectivity index is 0.000000900. The van der Waals surface area contributed by atoms with Gasteiger partial charge >= 0.3 is 6.18 Å². The second kappa shape index (κ2) is 13.5. The highest BCUT2D eigenvalue weighted by Crippen LogP contribution is 2.44. The van der Waals surface area contributed by atoms with Gasteiger partial charge in [-0.05, 0) is 51.2 Å². The van der Waals surface area contributed by atoms with Crippen molar-refractivity contribution in [1.29, 1.82) is 0 Å². The number of amides is 2. The summed E-state index contributed by atoms with van der Waals surface area (Å²) in [6, 6.07) is 1.54. The number of phenolic OH excluding ortho intramolecular Hbond substituents is 1. The van der Waals surface area contributed by atoms with Gasteiger partial charge in [0, 0.05) is 44.2 Å². The fraction of sp³-hybridized carbons (Fsp3) is 0.448. The van der Waals surface area contributed by atoms with Gasteiger partial charge in [0.2, 0.25) is 23.3 Å². The van der Waals surface area contributed by atoms with Gasteiger partial charge in [0.15, 0.2) is 17.3 Å².